The molecule has 0 bridgehead atoms. The molecule has 0 aromatic rings. The predicted molar refractivity (Wildman–Crippen MR) is 332 cm³/mol. The number of esters is 2. The van der Waals surface area contributed by atoms with E-state index in [2.05, 4.69) is 98.9 Å². The monoisotopic (exact) mass is 1110 g/mol. The average Bonchev–Trinajstić information content (AvgIpc) is 3.41. The normalized spacial score (nSPS) is 13.8. The number of ether oxygens (including phenoxy) is 2. The number of allylic oxidation sites excluding steroid dienone is 14. The molecule has 0 rings (SSSR count). The number of hydrogen-bond donors (Lipinski definition) is 0. The molecular formula is C68H122NO8P. The molecule has 2 unspecified atom stereocenters. The minimum atomic E-state index is -4.64. The molecule has 78 heavy (non-hydrogen) atoms. The topological polar surface area (TPSA) is 111 Å². The maximum atomic E-state index is 12.8. The highest BCUT2D eigenvalue weighted by atomic mass is 31.2. The third-order valence-corrected chi connectivity index (χ3v) is 14.9. The van der Waals surface area contributed by atoms with Gasteiger partial charge < -0.3 is 27.9 Å². The van der Waals surface area contributed by atoms with Crippen LogP contribution in [0.25, 0.3) is 0 Å². The van der Waals surface area contributed by atoms with Gasteiger partial charge in [-0.15, -0.1) is 0 Å². The Kier molecular flexibility index (Phi) is 56.7. The van der Waals surface area contributed by atoms with Gasteiger partial charge in [-0.25, -0.2) is 0 Å². The standard InChI is InChI=1S/C68H122NO8P/c1-6-8-10-12-14-16-18-20-22-23-24-25-26-27-28-29-30-31-32-33-34-35-36-37-38-39-40-41-42-43-44-45-47-49-51-53-55-57-59-61-68(71)77-66(65-76-78(72,73)75-63-62-69(3,4)5)64-74-67(70)60-58-56-54-52-50-48-46-21-19-17-15-13-11-9-7-2/h8-11,14-17,20-22,24-25,46,66H,6-7,12-13,18-19,23,26-45,47-65H2,1-5H3/b10-8-,11-9-,16-14-,17-15-,22-20-,25-24-,46-21-. The molecule has 0 fully saturated rings. The Morgan fingerprint density at radius 1 is 0.397 bits per heavy atom. The van der Waals surface area contributed by atoms with Crippen LogP contribution in [0.1, 0.15) is 284 Å². The summed E-state index contributed by atoms with van der Waals surface area (Å²) >= 11 is 0. The molecule has 10 heteroatoms. The van der Waals surface area contributed by atoms with Gasteiger partial charge in [0.2, 0.25) is 0 Å². The number of phosphoric ester groups is 1. The Bertz CT molecular complexity index is 1590. The molecule has 0 N–H and O–H groups in total. The summed E-state index contributed by atoms with van der Waals surface area (Å²) in [6.07, 6.45) is 79.6. The van der Waals surface area contributed by atoms with Crippen LogP contribution in [-0.2, 0) is 32.7 Å². The minimum absolute atomic E-state index is 0.0348. The maximum Gasteiger partial charge on any atom is 0.306 e. The SMILES string of the molecule is CC/C=C\C/C=C\C/C=C\C/C=C\CCCCCCCCCCCCCCCCCCCCCCCCCCCCC(=O)OC(COC(=O)CCCCCCC/C=C\C/C=C\C/C=C\CC)COP(=O)([O-])OCC[N+](C)(C)C. The number of likely N-dealkylation sites (N-methyl/N-ethyl adjacent to an activating group) is 1. The second-order valence-electron chi connectivity index (χ2n) is 22.7. The molecule has 0 aliphatic rings. The summed E-state index contributed by atoms with van der Waals surface area (Å²) in [5.41, 5.74) is 0. The molecule has 9 nitrogen and oxygen atoms in total. The first-order valence-electron chi connectivity index (χ1n) is 32.3. The van der Waals surface area contributed by atoms with Crippen LogP contribution in [-0.4, -0.2) is 70.0 Å². The summed E-state index contributed by atoms with van der Waals surface area (Å²) in [7, 11) is 1.16. The highest BCUT2D eigenvalue weighted by Gasteiger charge is 2.22. The lowest BCUT2D eigenvalue weighted by Gasteiger charge is -2.28. The van der Waals surface area contributed by atoms with Crippen LogP contribution in [0.3, 0.4) is 0 Å². The number of quaternary nitrogens is 1. The van der Waals surface area contributed by atoms with Crippen LogP contribution in [0.15, 0.2) is 85.1 Å². The average molecular weight is 1110 g/mol. The van der Waals surface area contributed by atoms with E-state index < -0.39 is 32.5 Å². The van der Waals surface area contributed by atoms with Gasteiger partial charge in [-0.05, 0) is 83.5 Å². The van der Waals surface area contributed by atoms with Gasteiger partial charge in [0.15, 0.2) is 6.10 Å². The zero-order chi connectivity index (χ0) is 57.0. The van der Waals surface area contributed by atoms with Crippen molar-refractivity contribution in [2.24, 2.45) is 0 Å². The zero-order valence-electron chi connectivity index (χ0n) is 51.3. The van der Waals surface area contributed by atoms with Gasteiger partial charge in [-0.1, -0.05) is 272 Å². The number of unbranched alkanes of at least 4 members (excludes halogenated alkanes) is 31. The van der Waals surface area contributed by atoms with Crippen molar-refractivity contribution in [2.45, 2.75) is 290 Å². The van der Waals surface area contributed by atoms with Gasteiger partial charge in [-0.3, -0.25) is 14.2 Å². The summed E-state index contributed by atoms with van der Waals surface area (Å²) in [5, 5.41) is 0. The van der Waals surface area contributed by atoms with Crippen LogP contribution in [0, 0.1) is 0 Å². The molecule has 0 aliphatic heterocycles. The predicted octanol–water partition coefficient (Wildman–Crippen LogP) is 20.0. The fourth-order valence-corrected chi connectivity index (χ4v) is 9.75. The summed E-state index contributed by atoms with van der Waals surface area (Å²) in [4.78, 5) is 37.9. The molecule has 0 aromatic carbocycles. The smallest absolute Gasteiger partial charge is 0.306 e. The first-order valence-corrected chi connectivity index (χ1v) is 33.8. The Morgan fingerprint density at radius 2 is 0.692 bits per heavy atom. The van der Waals surface area contributed by atoms with Crippen LogP contribution in [0.5, 0.6) is 0 Å². The molecule has 0 amide bonds. The van der Waals surface area contributed by atoms with E-state index in [1.165, 1.54) is 148 Å². The van der Waals surface area contributed by atoms with Crippen molar-refractivity contribution in [1.29, 1.82) is 0 Å². The molecule has 0 radical (unpaired) electrons. The molecule has 0 spiro atoms. The quantitative estimate of drug-likeness (QED) is 0.0195. The molecule has 0 aliphatic carbocycles. The molecule has 0 saturated heterocycles. The number of carbonyl (C=O) groups is 2. The Hall–Kier alpha value is -2.81. The van der Waals surface area contributed by atoms with Crippen molar-refractivity contribution in [3.63, 3.8) is 0 Å². The number of carbonyl (C=O) groups excluding carboxylic acids is 2. The second-order valence-corrected chi connectivity index (χ2v) is 24.1. The number of rotatable bonds is 59. The van der Waals surface area contributed by atoms with Gasteiger partial charge in [-0.2, -0.15) is 0 Å². The van der Waals surface area contributed by atoms with E-state index >= 15 is 0 Å². The fourth-order valence-electron chi connectivity index (χ4n) is 9.02. The van der Waals surface area contributed by atoms with E-state index in [-0.39, 0.29) is 26.1 Å². The van der Waals surface area contributed by atoms with Crippen molar-refractivity contribution in [1.82, 2.24) is 0 Å². The van der Waals surface area contributed by atoms with Crippen molar-refractivity contribution < 1.29 is 42.1 Å². The second kappa shape index (κ2) is 58.8. The largest absolute Gasteiger partial charge is 0.756 e. The van der Waals surface area contributed by atoms with Gasteiger partial charge in [0.1, 0.15) is 19.8 Å². The number of hydrogen-bond acceptors (Lipinski definition) is 8. The van der Waals surface area contributed by atoms with E-state index in [1.54, 1.807) is 0 Å². The van der Waals surface area contributed by atoms with E-state index in [0.29, 0.717) is 23.9 Å². The summed E-state index contributed by atoms with van der Waals surface area (Å²) in [6.45, 7) is 4.01. The highest BCUT2D eigenvalue weighted by Crippen LogP contribution is 2.38. The number of nitrogens with zero attached hydrogens (tertiary/aromatic N) is 1. The van der Waals surface area contributed by atoms with Crippen LogP contribution >= 0.6 is 7.82 Å². The summed E-state index contributed by atoms with van der Waals surface area (Å²) in [6, 6.07) is 0. The zero-order valence-corrected chi connectivity index (χ0v) is 52.2. The third-order valence-electron chi connectivity index (χ3n) is 13.9. The van der Waals surface area contributed by atoms with E-state index in [0.717, 1.165) is 96.3 Å². The molecule has 452 valence electrons. The number of phosphoric acid groups is 1. The van der Waals surface area contributed by atoms with Gasteiger partial charge >= 0.3 is 11.9 Å². The van der Waals surface area contributed by atoms with Crippen molar-refractivity contribution in [3.05, 3.63) is 85.1 Å². The van der Waals surface area contributed by atoms with E-state index in [9.17, 15) is 19.0 Å². The molecule has 0 heterocycles. The van der Waals surface area contributed by atoms with Crippen LogP contribution < -0.4 is 4.89 Å². The van der Waals surface area contributed by atoms with Gasteiger partial charge in [0.05, 0.1) is 27.7 Å². The van der Waals surface area contributed by atoms with Crippen LogP contribution in [0.4, 0.5) is 0 Å². The summed E-state index contributed by atoms with van der Waals surface area (Å²) < 4.78 is 34.2. The first-order chi connectivity index (χ1) is 38.0. The lowest BCUT2D eigenvalue weighted by atomic mass is 10.0. The highest BCUT2D eigenvalue weighted by molar-refractivity contribution is 7.45. The minimum Gasteiger partial charge on any atom is -0.756 e. The van der Waals surface area contributed by atoms with Crippen molar-refractivity contribution >= 4 is 19.8 Å². The van der Waals surface area contributed by atoms with Gasteiger partial charge in [0.25, 0.3) is 7.82 Å². The Morgan fingerprint density at radius 3 is 1.03 bits per heavy atom. The lowest BCUT2D eigenvalue weighted by molar-refractivity contribution is -0.870. The Labute approximate surface area is 481 Å². The fraction of sp³-hybridized carbons (Fsp3) is 0.765. The lowest BCUT2D eigenvalue weighted by Crippen LogP contribution is -2.37. The van der Waals surface area contributed by atoms with Crippen LogP contribution in [0.2, 0.25) is 0 Å². The molecular weight excluding hydrogens is 990 g/mol. The summed E-state index contributed by atoms with van der Waals surface area (Å²) in [5.74, 6) is -0.846. The van der Waals surface area contributed by atoms with E-state index in [1.807, 2.05) is 21.1 Å². The molecule has 2 atom stereocenters. The first kappa shape index (κ1) is 75.2. The molecule has 0 aromatic heterocycles. The third kappa shape index (κ3) is 62.4. The Balaban J connectivity index is 3.91. The van der Waals surface area contributed by atoms with Crippen molar-refractivity contribution in [3.8, 4) is 0 Å². The van der Waals surface area contributed by atoms with E-state index in [4.69, 9.17) is 18.5 Å². The van der Waals surface area contributed by atoms with Gasteiger partial charge in [0, 0.05) is 12.8 Å². The van der Waals surface area contributed by atoms with Crippen molar-refractivity contribution in [2.75, 3.05) is 47.5 Å². The maximum absolute atomic E-state index is 12.8. The molecule has 0 saturated carbocycles.